The van der Waals surface area contributed by atoms with Gasteiger partial charge in [-0.1, -0.05) is 18.2 Å². The van der Waals surface area contributed by atoms with Crippen LogP contribution in [0.3, 0.4) is 0 Å². The van der Waals surface area contributed by atoms with E-state index in [1.807, 2.05) is 0 Å². The number of fused-ring (bicyclic) bond motifs is 2. The summed E-state index contributed by atoms with van der Waals surface area (Å²) in [6.45, 7) is 1.93. The number of aromatic nitrogens is 2. The van der Waals surface area contributed by atoms with E-state index in [9.17, 15) is 5.11 Å². The molecule has 0 spiro atoms. The molecule has 4 nitrogen and oxygen atoms in total. The van der Waals surface area contributed by atoms with Crippen LogP contribution in [0.2, 0.25) is 0 Å². The van der Waals surface area contributed by atoms with Gasteiger partial charge in [0, 0.05) is 18.0 Å². The number of imidazole rings is 1. The summed E-state index contributed by atoms with van der Waals surface area (Å²) in [6, 6.07) is 6.84. The Morgan fingerprint density at radius 2 is 2.33 bits per heavy atom. The van der Waals surface area contributed by atoms with E-state index in [1.54, 1.807) is 0 Å². The maximum atomic E-state index is 9.31. The number of rotatable bonds is 1. The maximum Gasteiger partial charge on any atom is 0.242 e. The Morgan fingerprint density at radius 1 is 1.39 bits per heavy atom. The van der Waals surface area contributed by atoms with Crippen molar-refractivity contribution in [3.05, 3.63) is 41.7 Å². The standard InChI is InChI=1S/C14H15N3O/c18-7-9-4-11-10-2-1-3-12-14(10)17(8-16-12)6-13(11)15-5-9/h1-4,8,11,13,15,18H,5-7H2/p+1. The molecule has 0 aliphatic carbocycles. The first-order valence-corrected chi connectivity index (χ1v) is 6.40. The lowest BCUT2D eigenvalue weighted by atomic mass is 9.84. The number of hydrogen-bond donors (Lipinski definition) is 3. The van der Waals surface area contributed by atoms with Crippen molar-refractivity contribution in [2.75, 3.05) is 13.2 Å². The van der Waals surface area contributed by atoms with Crippen LogP contribution in [-0.4, -0.2) is 29.3 Å². The molecule has 0 fully saturated rings. The molecule has 18 heavy (non-hydrogen) atoms. The molecule has 3 N–H and O–H groups in total. The quantitative estimate of drug-likeness (QED) is 0.502. The van der Waals surface area contributed by atoms with Gasteiger partial charge in [0.25, 0.3) is 0 Å². The highest BCUT2D eigenvalue weighted by molar-refractivity contribution is 5.76. The summed E-state index contributed by atoms with van der Waals surface area (Å²) in [5.41, 5.74) is 4.94. The monoisotopic (exact) mass is 242 g/mol. The van der Waals surface area contributed by atoms with Gasteiger partial charge in [0.2, 0.25) is 6.33 Å². The third kappa shape index (κ3) is 1.30. The van der Waals surface area contributed by atoms with Crippen LogP contribution in [-0.2, 0) is 6.54 Å². The van der Waals surface area contributed by atoms with Crippen molar-refractivity contribution < 1.29 is 9.67 Å². The van der Waals surface area contributed by atoms with E-state index >= 15 is 0 Å². The lowest BCUT2D eigenvalue weighted by Crippen LogP contribution is -2.53. The van der Waals surface area contributed by atoms with Gasteiger partial charge in [-0.25, -0.2) is 9.55 Å². The Labute approximate surface area is 105 Å². The van der Waals surface area contributed by atoms with E-state index in [2.05, 4.69) is 45.5 Å². The van der Waals surface area contributed by atoms with Crippen molar-refractivity contribution in [3.63, 3.8) is 0 Å². The summed E-state index contributed by atoms with van der Waals surface area (Å²) in [4.78, 5) is 3.32. The molecule has 4 rings (SSSR count). The largest absolute Gasteiger partial charge is 0.392 e. The fourth-order valence-electron chi connectivity index (χ4n) is 3.25. The van der Waals surface area contributed by atoms with Gasteiger partial charge < -0.3 is 10.4 Å². The van der Waals surface area contributed by atoms with E-state index in [0.717, 1.165) is 18.7 Å². The number of benzene rings is 1. The van der Waals surface area contributed by atoms with Crippen molar-refractivity contribution in [2.45, 2.75) is 18.5 Å². The van der Waals surface area contributed by atoms with Crippen molar-refractivity contribution in [3.8, 4) is 0 Å². The molecule has 2 aromatic rings. The fraction of sp³-hybridized carbons (Fsp3) is 0.357. The van der Waals surface area contributed by atoms with Gasteiger partial charge in [-0.2, -0.15) is 0 Å². The van der Waals surface area contributed by atoms with Crippen LogP contribution in [0.4, 0.5) is 0 Å². The first-order chi connectivity index (χ1) is 8.86. The molecule has 0 radical (unpaired) electrons. The topological polar surface area (TPSA) is 51.9 Å². The van der Waals surface area contributed by atoms with Crippen molar-refractivity contribution in [1.82, 2.24) is 10.3 Å². The minimum Gasteiger partial charge on any atom is -0.392 e. The van der Waals surface area contributed by atoms with Crippen LogP contribution in [0.1, 0.15) is 11.5 Å². The molecule has 3 heterocycles. The van der Waals surface area contributed by atoms with E-state index in [4.69, 9.17) is 0 Å². The Balaban J connectivity index is 1.94. The number of para-hydroxylation sites is 1. The zero-order valence-corrected chi connectivity index (χ0v) is 10.1. The van der Waals surface area contributed by atoms with Gasteiger partial charge in [0.05, 0.1) is 12.6 Å². The average Bonchev–Trinajstić information content (AvgIpc) is 2.83. The maximum absolute atomic E-state index is 9.31. The molecule has 92 valence electrons. The van der Waals surface area contributed by atoms with Crippen LogP contribution in [0.15, 0.2) is 36.2 Å². The van der Waals surface area contributed by atoms with E-state index in [0.29, 0.717) is 12.0 Å². The van der Waals surface area contributed by atoms with Gasteiger partial charge in [-0.15, -0.1) is 0 Å². The van der Waals surface area contributed by atoms with Gasteiger partial charge in [-0.05, 0) is 11.6 Å². The van der Waals surface area contributed by atoms with Crippen molar-refractivity contribution in [1.29, 1.82) is 0 Å². The highest BCUT2D eigenvalue weighted by Crippen LogP contribution is 2.32. The normalized spacial score (nSPS) is 25.9. The highest BCUT2D eigenvalue weighted by Gasteiger charge is 2.35. The summed E-state index contributed by atoms with van der Waals surface area (Å²) in [5, 5.41) is 12.8. The Morgan fingerprint density at radius 3 is 3.22 bits per heavy atom. The van der Waals surface area contributed by atoms with Crippen LogP contribution in [0.5, 0.6) is 0 Å². The number of H-pyrrole nitrogens is 1. The minimum absolute atomic E-state index is 0.152. The fourth-order valence-corrected chi connectivity index (χ4v) is 3.25. The Hall–Kier alpha value is -1.65. The summed E-state index contributed by atoms with van der Waals surface area (Å²) < 4.78 is 2.29. The van der Waals surface area contributed by atoms with E-state index in [-0.39, 0.29) is 6.61 Å². The molecule has 1 aromatic heterocycles. The molecular weight excluding hydrogens is 226 g/mol. The van der Waals surface area contributed by atoms with Crippen molar-refractivity contribution in [2.24, 2.45) is 0 Å². The number of aliphatic hydroxyl groups excluding tert-OH is 1. The van der Waals surface area contributed by atoms with Gasteiger partial charge in [0.15, 0.2) is 11.0 Å². The highest BCUT2D eigenvalue weighted by atomic mass is 16.3. The Bertz CT molecular complexity index is 644. The smallest absolute Gasteiger partial charge is 0.242 e. The molecule has 0 amide bonds. The molecule has 2 aliphatic heterocycles. The van der Waals surface area contributed by atoms with Crippen LogP contribution in [0, 0.1) is 0 Å². The first kappa shape index (κ1) is 10.3. The van der Waals surface area contributed by atoms with Gasteiger partial charge >= 0.3 is 0 Å². The van der Waals surface area contributed by atoms with Crippen molar-refractivity contribution >= 4 is 11.0 Å². The second-order valence-corrected chi connectivity index (χ2v) is 5.17. The van der Waals surface area contributed by atoms with Crippen LogP contribution >= 0.6 is 0 Å². The first-order valence-electron chi connectivity index (χ1n) is 6.40. The lowest BCUT2D eigenvalue weighted by molar-refractivity contribution is -0.677. The molecule has 0 bridgehead atoms. The second-order valence-electron chi connectivity index (χ2n) is 5.17. The molecule has 2 unspecified atom stereocenters. The van der Waals surface area contributed by atoms with Gasteiger partial charge in [0.1, 0.15) is 6.54 Å². The van der Waals surface area contributed by atoms with E-state index < -0.39 is 0 Å². The molecule has 0 saturated heterocycles. The second kappa shape index (κ2) is 3.67. The minimum atomic E-state index is 0.152. The zero-order chi connectivity index (χ0) is 12.1. The number of aliphatic hydroxyl groups is 1. The average molecular weight is 242 g/mol. The third-order valence-corrected chi connectivity index (χ3v) is 4.13. The molecule has 4 heteroatoms. The molecule has 0 saturated carbocycles. The van der Waals surface area contributed by atoms with Crippen LogP contribution in [0.25, 0.3) is 11.0 Å². The summed E-state index contributed by atoms with van der Waals surface area (Å²) in [5.74, 6) is 0.375. The number of aromatic amines is 1. The molecule has 2 atom stereocenters. The summed E-state index contributed by atoms with van der Waals surface area (Å²) in [6.07, 6.45) is 4.30. The number of nitrogens with one attached hydrogen (secondary N) is 2. The third-order valence-electron chi connectivity index (χ3n) is 4.13. The molecule has 1 aromatic carbocycles. The summed E-state index contributed by atoms with van der Waals surface area (Å²) in [7, 11) is 0. The predicted molar refractivity (Wildman–Crippen MR) is 68.2 cm³/mol. The zero-order valence-electron chi connectivity index (χ0n) is 10.1. The number of nitrogens with zero attached hydrogens (tertiary/aromatic N) is 1. The number of hydrogen-bond acceptors (Lipinski definition) is 2. The SMILES string of the molecule is OCC1=CC2c3cccc4[nH]c[n+](c34)CC2NC1. The predicted octanol–water partition coefficient (Wildman–Crippen LogP) is 0.443. The van der Waals surface area contributed by atoms with E-state index in [1.165, 1.54) is 16.6 Å². The summed E-state index contributed by atoms with van der Waals surface area (Å²) >= 11 is 0. The lowest BCUT2D eigenvalue weighted by Gasteiger charge is -2.33. The Kier molecular flexibility index (Phi) is 2.10. The molecular formula is C14H16N3O+. The van der Waals surface area contributed by atoms with Gasteiger partial charge in [-0.3, -0.25) is 0 Å². The molecule has 2 aliphatic rings. The van der Waals surface area contributed by atoms with Crippen LogP contribution < -0.4 is 9.88 Å².